The second-order valence-corrected chi connectivity index (χ2v) is 5.18. The minimum Gasteiger partial charge on any atom is -0.508 e. The van der Waals surface area contributed by atoms with Crippen molar-refractivity contribution in [2.75, 3.05) is 0 Å². The Balaban J connectivity index is 0.00000288. The molecule has 0 fully saturated rings. The quantitative estimate of drug-likeness (QED) is 0.352. The van der Waals surface area contributed by atoms with Crippen molar-refractivity contribution in [2.45, 2.75) is 13.3 Å². The molecule has 120 valence electrons. The van der Waals surface area contributed by atoms with E-state index in [0.29, 0.717) is 0 Å². The van der Waals surface area contributed by atoms with Crippen molar-refractivity contribution in [3.63, 3.8) is 0 Å². The molecule has 0 amide bonds. The van der Waals surface area contributed by atoms with Gasteiger partial charge in [0.1, 0.15) is 5.75 Å². The molecule has 24 heavy (non-hydrogen) atoms. The summed E-state index contributed by atoms with van der Waals surface area (Å²) in [6, 6.07) is 17.6. The SMILES string of the molecule is C=C/C=C(C=C)/C(=C(\CC)c1ccccc1)c1ccc(O)cc1.[U]. The Bertz CT molecular complexity index is 737. The van der Waals surface area contributed by atoms with Crippen LogP contribution >= 0.6 is 0 Å². The van der Waals surface area contributed by atoms with Gasteiger partial charge in [0.15, 0.2) is 0 Å². The van der Waals surface area contributed by atoms with Crippen molar-refractivity contribution in [1.82, 2.24) is 0 Å². The van der Waals surface area contributed by atoms with Gasteiger partial charge in [0.2, 0.25) is 0 Å². The first kappa shape index (κ1) is 20.3. The molecule has 0 heterocycles. The Hall–Kier alpha value is -1.75. The number of rotatable bonds is 6. The number of phenolic OH excluding ortho intramolecular Hbond substituents is 1. The monoisotopic (exact) mass is 540 g/mol. The average Bonchev–Trinajstić information content (AvgIpc) is 2.60. The van der Waals surface area contributed by atoms with E-state index in [4.69, 9.17) is 0 Å². The summed E-state index contributed by atoms with van der Waals surface area (Å²) in [6.07, 6.45) is 6.48. The number of allylic oxidation sites excluding steroid dienone is 6. The van der Waals surface area contributed by atoms with E-state index in [0.717, 1.165) is 23.1 Å². The molecule has 2 aromatic rings. The minimum absolute atomic E-state index is 0. The standard InChI is InChI=1S/C22H22O.U/c1-4-10-17(5-2)22(19-13-15-20(23)16-14-19)21(6-3)18-11-8-7-9-12-18;/h4-5,7-16,23H,1-2,6H2,3H3;/b17-10+,22-21-;. The molecule has 0 atom stereocenters. The largest absolute Gasteiger partial charge is 0.508 e. The van der Waals surface area contributed by atoms with Gasteiger partial charge in [0.25, 0.3) is 0 Å². The summed E-state index contributed by atoms with van der Waals surface area (Å²) >= 11 is 0. The fraction of sp³-hybridized carbons (Fsp3) is 0.0909. The number of hydrogen-bond acceptors (Lipinski definition) is 1. The van der Waals surface area contributed by atoms with Crippen LogP contribution in [0.5, 0.6) is 5.75 Å². The Labute approximate surface area is 168 Å². The summed E-state index contributed by atoms with van der Waals surface area (Å²) in [6.45, 7) is 9.91. The molecule has 0 aromatic heterocycles. The maximum atomic E-state index is 9.58. The molecule has 0 saturated carbocycles. The molecular weight excluding hydrogens is 518 g/mol. The van der Waals surface area contributed by atoms with Crippen LogP contribution in [0.25, 0.3) is 11.1 Å². The van der Waals surface area contributed by atoms with Crippen molar-refractivity contribution in [1.29, 1.82) is 0 Å². The topological polar surface area (TPSA) is 20.2 Å². The van der Waals surface area contributed by atoms with E-state index in [1.165, 1.54) is 11.1 Å². The second-order valence-electron chi connectivity index (χ2n) is 5.18. The van der Waals surface area contributed by atoms with Crippen LogP contribution in [0.4, 0.5) is 0 Å². The van der Waals surface area contributed by atoms with E-state index in [2.05, 4.69) is 32.2 Å². The van der Waals surface area contributed by atoms with Crippen LogP contribution in [-0.2, 0) is 0 Å². The molecule has 0 saturated heterocycles. The van der Waals surface area contributed by atoms with Crippen LogP contribution in [0, 0.1) is 31.1 Å². The summed E-state index contributed by atoms with van der Waals surface area (Å²) < 4.78 is 0. The van der Waals surface area contributed by atoms with Gasteiger partial charge in [-0.2, -0.15) is 0 Å². The molecule has 0 unspecified atom stereocenters. The molecule has 2 aromatic carbocycles. The van der Waals surface area contributed by atoms with E-state index in [1.54, 1.807) is 18.2 Å². The van der Waals surface area contributed by atoms with Gasteiger partial charge in [0.05, 0.1) is 0 Å². The minimum atomic E-state index is 0. The van der Waals surface area contributed by atoms with Crippen LogP contribution in [0.2, 0.25) is 0 Å². The third-order valence-electron chi connectivity index (χ3n) is 3.74. The predicted molar refractivity (Wildman–Crippen MR) is 100 cm³/mol. The van der Waals surface area contributed by atoms with Gasteiger partial charge in [0, 0.05) is 31.1 Å². The third-order valence-corrected chi connectivity index (χ3v) is 3.74. The van der Waals surface area contributed by atoms with E-state index >= 15 is 0 Å². The Morgan fingerprint density at radius 1 is 0.958 bits per heavy atom. The molecule has 0 aliphatic rings. The molecule has 2 heteroatoms. The number of benzene rings is 2. The summed E-state index contributed by atoms with van der Waals surface area (Å²) in [5.74, 6) is 0.263. The van der Waals surface area contributed by atoms with E-state index < -0.39 is 0 Å². The summed E-state index contributed by atoms with van der Waals surface area (Å²) in [4.78, 5) is 0. The fourth-order valence-electron chi connectivity index (χ4n) is 2.69. The zero-order valence-electron chi connectivity index (χ0n) is 14.0. The molecule has 0 aliphatic carbocycles. The Morgan fingerprint density at radius 3 is 2.08 bits per heavy atom. The van der Waals surface area contributed by atoms with Gasteiger partial charge < -0.3 is 5.11 Å². The summed E-state index contributed by atoms with van der Waals surface area (Å²) in [7, 11) is 0. The van der Waals surface area contributed by atoms with Crippen LogP contribution in [0.15, 0.2) is 91.6 Å². The van der Waals surface area contributed by atoms with Crippen molar-refractivity contribution in [2.24, 2.45) is 0 Å². The van der Waals surface area contributed by atoms with Crippen molar-refractivity contribution in [3.05, 3.63) is 103 Å². The first-order valence-electron chi connectivity index (χ1n) is 7.74. The molecule has 2 rings (SSSR count). The molecule has 0 bridgehead atoms. The summed E-state index contributed by atoms with van der Waals surface area (Å²) in [5, 5.41) is 9.58. The van der Waals surface area contributed by atoms with Crippen LogP contribution < -0.4 is 0 Å². The molecule has 0 radical (unpaired) electrons. The van der Waals surface area contributed by atoms with Crippen LogP contribution in [-0.4, -0.2) is 5.11 Å². The van der Waals surface area contributed by atoms with Crippen molar-refractivity contribution < 1.29 is 36.2 Å². The zero-order valence-corrected chi connectivity index (χ0v) is 18.2. The van der Waals surface area contributed by atoms with Crippen molar-refractivity contribution >= 4 is 11.1 Å². The van der Waals surface area contributed by atoms with Crippen LogP contribution in [0.3, 0.4) is 0 Å². The maximum absolute atomic E-state index is 9.58. The van der Waals surface area contributed by atoms with E-state index in [-0.39, 0.29) is 36.9 Å². The Kier molecular flexibility index (Phi) is 8.61. The van der Waals surface area contributed by atoms with Gasteiger partial charge in [-0.15, -0.1) is 0 Å². The Morgan fingerprint density at radius 2 is 1.58 bits per heavy atom. The van der Waals surface area contributed by atoms with Gasteiger partial charge in [-0.05, 0) is 46.4 Å². The predicted octanol–water partition coefficient (Wildman–Crippen LogP) is 6.01. The van der Waals surface area contributed by atoms with Gasteiger partial charge >= 0.3 is 0 Å². The number of phenols is 1. The average molecular weight is 540 g/mol. The molecule has 0 spiro atoms. The number of hydrogen-bond donors (Lipinski definition) is 1. The molecule has 1 N–H and O–H groups in total. The first-order valence-corrected chi connectivity index (χ1v) is 7.74. The van der Waals surface area contributed by atoms with Gasteiger partial charge in [-0.1, -0.05) is 80.8 Å². The first-order chi connectivity index (χ1) is 11.2. The molecule has 0 aliphatic heterocycles. The molecular formula is C22H22OU. The van der Waals surface area contributed by atoms with E-state index in [9.17, 15) is 5.11 Å². The van der Waals surface area contributed by atoms with Gasteiger partial charge in [-0.25, -0.2) is 0 Å². The maximum Gasteiger partial charge on any atom is 0.115 e. The summed E-state index contributed by atoms with van der Waals surface area (Å²) in [5.41, 5.74) is 5.62. The van der Waals surface area contributed by atoms with Gasteiger partial charge in [-0.3, -0.25) is 0 Å². The zero-order chi connectivity index (χ0) is 16.7. The van der Waals surface area contributed by atoms with Crippen molar-refractivity contribution in [3.8, 4) is 5.75 Å². The third kappa shape index (κ3) is 4.87. The number of aromatic hydroxyl groups is 1. The molecule has 1 nitrogen and oxygen atoms in total. The smallest absolute Gasteiger partial charge is 0.115 e. The fourth-order valence-corrected chi connectivity index (χ4v) is 2.69. The normalized spacial score (nSPS) is 12.0. The second kappa shape index (κ2) is 10.2. The van der Waals surface area contributed by atoms with E-state index in [1.807, 2.05) is 42.5 Å². The van der Waals surface area contributed by atoms with Crippen LogP contribution in [0.1, 0.15) is 24.5 Å².